The van der Waals surface area contributed by atoms with Crippen LogP contribution in [0, 0.1) is 5.92 Å². The van der Waals surface area contributed by atoms with E-state index < -0.39 is 0 Å². The first-order valence-electron chi connectivity index (χ1n) is 7.96. The smallest absolute Gasteiger partial charge is 0.119 e. The third kappa shape index (κ3) is 4.80. The highest BCUT2D eigenvalue weighted by Gasteiger charge is 2.17. The normalized spacial score (nSPS) is 17.3. The first-order valence-corrected chi connectivity index (χ1v) is 7.96. The quantitative estimate of drug-likeness (QED) is 0.829. The molecule has 1 aliphatic rings. The highest BCUT2D eigenvalue weighted by atomic mass is 16.5. The van der Waals surface area contributed by atoms with Gasteiger partial charge in [0.15, 0.2) is 0 Å². The molecular formula is C17H28N2O. The third-order valence-corrected chi connectivity index (χ3v) is 4.13. The number of ether oxygens (including phenoxy) is 1. The van der Waals surface area contributed by atoms with E-state index in [-0.39, 0.29) is 0 Å². The molecule has 1 aromatic carbocycles. The molecule has 2 rings (SSSR count). The van der Waals surface area contributed by atoms with Crippen LogP contribution in [0.25, 0.3) is 0 Å². The van der Waals surface area contributed by atoms with Gasteiger partial charge in [-0.25, -0.2) is 0 Å². The van der Waals surface area contributed by atoms with Crippen molar-refractivity contribution in [2.24, 2.45) is 5.92 Å². The predicted octanol–water partition coefficient (Wildman–Crippen LogP) is 2.91. The lowest BCUT2D eigenvalue weighted by Gasteiger charge is -2.31. The van der Waals surface area contributed by atoms with Crippen LogP contribution in [0.5, 0.6) is 5.75 Å². The molecule has 0 bridgehead atoms. The third-order valence-electron chi connectivity index (χ3n) is 4.13. The highest BCUT2D eigenvalue weighted by molar-refractivity contribution is 5.28. The van der Waals surface area contributed by atoms with Crippen molar-refractivity contribution in [3.8, 4) is 5.75 Å². The van der Waals surface area contributed by atoms with Gasteiger partial charge in [0.25, 0.3) is 0 Å². The molecule has 0 spiro atoms. The van der Waals surface area contributed by atoms with Crippen molar-refractivity contribution in [2.75, 3.05) is 32.8 Å². The Balaban J connectivity index is 1.69. The molecule has 0 unspecified atom stereocenters. The van der Waals surface area contributed by atoms with Gasteiger partial charge in [0, 0.05) is 6.54 Å². The van der Waals surface area contributed by atoms with E-state index in [1.54, 1.807) is 0 Å². The molecule has 0 atom stereocenters. The van der Waals surface area contributed by atoms with E-state index in [1.807, 2.05) is 13.0 Å². The summed E-state index contributed by atoms with van der Waals surface area (Å²) < 4.78 is 5.53. The van der Waals surface area contributed by atoms with Crippen LogP contribution in [0.4, 0.5) is 0 Å². The molecule has 1 N–H and O–H groups in total. The summed E-state index contributed by atoms with van der Waals surface area (Å²) in [5.74, 6) is 1.82. The Labute approximate surface area is 123 Å². The molecular weight excluding hydrogens is 248 g/mol. The molecule has 1 heterocycles. The van der Waals surface area contributed by atoms with Crippen molar-refractivity contribution < 1.29 is 4.74 Å². The van der Waals surface area contributed by atoms with Crippen LogP contribution in [0.1, 0.15) is 32.3 Å². The lowest BCUT2D eigenvalue weighted by Crippen LogP contribution is -2.36. The van der Waals surface area contributed by atoms with Crippen LogP contribution in [-0.4, -0.2) is 37.7 Å². The van der Waals surface area contributed by atoms with Gasteiger partial charge in [-0.1, -0.05) is 19.1 Å². The number of nitrogens with zero attached hydrogens (tertiary/aromatic N) is 1. The van der Waals surface area contributed by atoms with Crippen LogP contribution in [0.2, 0.25) is 0 Å². The largest absolute Gasteiger partial charge is 0.494 e. The van der Waals surface area contributed by atoms with Crippen molar-refractivity contribution in [3.63, 3.8) is 0 Å². The SMILES string of the molecule is CCOc1cccc(CNCC2CCN(CC)CC2)c1. The maximum atomic E-state index is 5.53. The Morgan fingerprint density at radius 2 is 2.05 bits per heavy atom. The van der Waals surface area contributed by atoms with Gasteiger partial charge in [-0.15, -0.1) is 0 Å². The average molecular weight is 276 g/mol. The zero-order valence-electron chi connectivity index (χ0n) is 12.9. The van der Waals surface area contributed by atoms with Gasteiger partial charge in [0.1, 0.15) is 5.75 Å². The van der Waals surface area contributed by atoms with Gasteiger partial charge in [0.2, 0.25) is 0 Å². The topological polar surface area (TPSA) is 24.5 Å². The van der Waals surface area contributed by atoms with E-state index in [9.17, 15) is 0 Å². The summed E-state index contributed by atoms with van der Waals surface area (Å²) in [6.45, 7) is 10.8. The summed E-state index contributed by atoms with van der Waals surface area (Å²) in [7, 11) is 0. The Morgan fingerprint density at radius 3 is 2.75 bits per heavy atom. The van der Waals surface area contributed by atoms with Crippen LogP contribution in [-0.2, 0) is 6.54 Å². The van der Waals surface area contributed by atoms with E-state index in [0.717, 1.165) is 31.4 Å². The second-order valence-electron chi connectivity index (χ2n) is 5.59. The summed E-state index contributed by atoms with van der Waals surface area (Å²) in [4.78, 5) is 2.54. The molecule has 3 nitrogen and oxygen atoms in total. The maximum Gasteiger partial charge on any atom is 0.119 e. The van der Waals surface area contributed by atoms with Crippen LogP contribution in [0.3, 0.4) is 0 Å². The summed E-state index contributed by atoms with van der Waals surface area (Å²) in [5.41, 5.74) is 1.31. The molecule has 0 saturated carbocycles. The zero-order chi connectivity index (χ0) is 14.2. The number of benzene rings is 1. The zero-order valence-corrected chi connectivity index (χ0v) is 12.9. The standard InChI is InChI=1S/C17H28N2O/c1-3-19-10-8-15(9-11-19)13-18-14-16-6-5-7-17(12-16)20-4-2/h5-7,12,15,18H,3-4,8-11,13-14H2,1-2H3. The van der Waals surface area contributed by atoms with E-state index in [1.165, 1.54) is 38.0 Å². The number of piperidine rings is 1. The minimum absolute atomic E-state index is 0.729. The fourth-order valence-electron chi connectivity index (χ4n) is 2.84. The average Bonchev–Trinajstić information content (AvgIpc) is 2.49. The Hall–Kier alpha value is -1.06. The van der Waals surface area contributed by atoms with E-state index >= 15 is 0 Å². The molecule has 1 saturated heterocycles. The molecule has 20 heavy (non-hydrogen) atoms. The number of nitrogens with one attached hydrogen (secondary N) is 1. The molecule has 0 aromatic heterocycles. The number of hydrogen-bond donors (Lipinski definition) is 1. The summed E-state index contributed by atoms with van der Waals surface area (Å²) in [6, 6.07) is 8.39. The van der Waals surface area contributed by atoms with E-state index in [4.69, 9.17) is 4.74 Å². The fraction of sp³-hybridized carbons (Fsp3) is 0.647. The van der Waals surface area contributed by atoms with Crippen molar-refractivity contribution in [1.29, 1.82) is 0 Å². The number of likely N-dealkylation sites (tertiary alicyclic amines) is 1. The lowest BCUT2D eigenvalue weighted by atomic mass is 9.97. The van der Waals surface area contributed by atoms with Gasteiger partial charge in [-0.05, 0) is 69.6 Å². The summed E-state index contributed by atoms with van der Waals surface area (Å²) in [5, 5.41) is 3.60. The fourth-order valence-corrected chi connectivity index (χ4v) is 2.84. The van der Waals surface area contributed by atoms with Crippen LogP contribution in [0.15, 0.2) is 24.3 Å². The molecule has 112 valence electrons. The van der Waals surface area contributed by atoms with Crippen LogP contribution < -0.4 is 10.1 Å². The minimum atomic E-state index is 0.729. The van der Waals surface area contributed by atoms with E-state index in [0.29, 0.717) is 0 Å². The van der Waals surface area contributed by atoms with Crippen molar-refractivity contribution in [3.05, 3.63) is 29.8 Å². The van der Waals surface area contributed by atoms with Gasteiger partial charge in [-0.2, -0.15) is 0 Å². The Morgan fingerprint density at radius 1 is 1.25 bits per heavy atom. The van der Waals surface area contributed by atoms with Gasteiger partial charge in [0.05, 0.1) is 6.61 Å². The molecule has 1 fully saturated rings. The lowest BCUT2D eigenvalue weighted by molar-refractivity contribution is 0.190. The maximum absolute atomic E-state index is 5.53. The second-order valence-corrected chi connectivity index (χ2v) is 5.59. The number of rotatable bonds is 7. The van der Waals surface area contributed by atoms with Crippen LogP contribution >= 0.6 is 0 Å². The summed E-state index contributed by atoms with van der Waals surface area (Å²) >= 11 is 0. The first-order chi connectivity index (χ1) is 9.81. The second kappa shape index (κ2) is 8.28. The van der Waals surface area contributed by atoms with Crippen molar-refractivity contribution >= 4 is 0 Å². The monoisotopic (exact) mass is 276 g/mol. The van der Waals surface area contributed by atoms with Gasteiger partial charge < -0.3 is 15.0 Å². The molecule has 0 amide bonds. The van der Waals surface area contributed by atoms with Crippen molar-refractivity contribution in [2.45, 2.75) is 33.2 Å². The van der Waals surface area contributed by atoms with Crippen molar-refractivity contribution in [1.82, 2.24) is 10.2 Å². The Kier molecular flexibility index (Phi) is 6.34. The van der Waals surface area contributed by atoms with Gasteiger partial charge in [-0.3, -0.25) is 0 Å². The van der Waals surface area contributed by atoms with Gasteiger partial charge >= 0.3 is 0 Å². The molecule has 0 radical (unpaired) electrons. The minimum Gasteiger partial charge on any atom is -0.494 e. The molecule has 1 aromatic rings. The number of hydrogen-bond acceptors (Lipinski definition) is 3. The summed E-state index contributed by atoms with van der Waals surface area (Å²) in [6.07, 6.45) is 2.67. The highest BCUT2D eigenvalue weighted by Crippen LogP contribution is 2.17. The Bertz CT molecular complexity index is 386. The van der Waals surface area contributed by atoms with E-state index in [2.05, 4.69) is 35.3 Å². The first kappa shape index (κ1) is 15.3. The predicted molar refractivity (Wildman–Crippen MR) is 84.2 cm³/mol. The molecule has 3 heteroatoms. The molecule has 1 aliphatic heterocycles. The molecule has 0 aliphatic carbocycles.